The van der Waals surface area contributed by atoms with Crippen molar-refractivity contribution in [2.45, 2.75) is 13.0 Å². The standard InChI is InChI=1S/C14H16N2O4/c1-5-16-9(7-15)8-6-10(18-2)12(19-3)13(20-4)11(8)14(16)17/h6,9H,5H2,1-4H3. The topological polar surface area (TPSA) is 71.8 Å². The molecule has 0 aromatic heterocycles. The van der Waals surface area contributed by atoms with Crippen LogP contribution in [0.15, 0.2) is 6.07 Å². The second kappa shape index (κ2) is 5.29. The Morgan fingerprint density at radius 3 is 2.35 bits per heavy atom. The van der Waals surface area contributed by atoms with Crippen LogP contribution in [0.1, 0.15) is 28.9 Å². The second-order valence-electron chi connectivity index (χ2n) is 4.23. The number of nitriles is 1. The van der Waals surface area contributed by atoms with Crippen LogP contribution in [-0.2, 0) is 0 Å². The number of hydrogen-bond acceptors (Lipinski definition) is 5. The lowest BCUT2D eigenvalue weighted by Gasteiger charge is -2.16. The first kappa shape index (κ1) is 14.0. The minimum Gasteiger partial charge on any atom is -0.493 e. The number of nitrogens with zero attached hydrogens (tertiary/aromatic N) is 2. The molecule has 1 aromatic carbocycles. The maximum absolute atomic E-state index is 12.4. The molecule has 2 rings (SSSR count). The monoisotopic (exact) mass is 276 g/mol. The van der Waals surface area contributed by atoms with Crippen molar-refractivity contribution in [3.05, 3.63) is 17.2 Å². The summed E-state index contributed by atoms with van der Waals surface area (Å²) in [7, 11) is 4.44. The summed E-state index contributed by atoms with van der Waals surface area (Å²) in [6.45, 7) is 2.27. The maximum Gasteiger partial charge on any atom is 0.259 e. The normalized spacial score (nSPS) is 16.6. The SMILES string of the molecule is CCN1C(=O)c2c(cc(OC)c(OC)c2OC)C1C#N. The zero-order valence-corrected chi connectivity index (χ0v) is 11.9. The molecule has 0 spiro atoms. The van der Waals surface area contributed by atoms with Crippen molar-refractivity contribution in [1.29, 1.82) is 5.26 Å². The Labute approximate surface area is 117 Å². The van der Waals surface area contributed by atoms with E-state index in [1.165, 1.54) is 26.2 Å². The van der Waals surface area contributed by atoms with Crippen molar-refractivity contribution >= 4 is 5.91 Å². The highest BCUT2D eigenvalue weighted by molar-refractivity contribution is 6.03. The first-order chi connectivity index (χ1) is 9.64. The third kappa shape index (κ3) is 1.74. The highest BCUT2D eigenvalue weighted by atomic mass is 16.5. The van der Waals surface area contributed by atoms with Gasteiger partial charge in [-0.1, -0.05) is 0 Å². The van der Waals surface area contributed by atoms with E-state index < -0.39 is 6.04 Å². The molecule has 1 unspecified atom stereocenters. The predicted molar refractivity (Wildman–Crippen MR) is 71.2 cm³/mol. The number of ether oxygens (including phenoxy) is 3. The molecular weight excluding hydrogens is 260 g/mol. The van der Waals surface area contributed by atoms with Gasteiger partial charge in [-0.25, -0.2) is 0 Å². The third-order valence-electron chi connectivity index (χ3n) is 3.40. The van der Waals surface area contributed by atoms with Crippen LogP contribution in [-0.4, -0.2) is 38.7 Å². The lowest BCUT2D eigenvalue weighted by atomic mass is 10.0. The molecule has 0 saturated heterocycles. The molecular formula is C14H16N2O4. The van der Waals surface area contributed by atoms with Crippen molar-refractivity contribution in [3.63, 3.8) is 0 Å². The summed E-state index contributed by atoms with van der Waals surface area (Å²) in [5.41, 5.74) is 0.965. The van der Waals surface area contributed by atoms with Crippen molar-refractivity contribution in [1.82, 2.24) is 4.90 Å². The van der Waals surface area contributed by atoms with Gasteiger partial charge in [-0.3, -0.25) is 4.79 Å². The Balaban J connectivity index is 2.76. The molecule has 0 N–H and O–H groups in total. The molecule has 1 amide bonds. The molecule has 0 bridgehead atoms. The van der Waals surface area contributed by atoms with Gasteiger partial charge in [0, 0.05) is 12.1 Å². The Morgan fingerprint density at radius 2 is 1.90 bits per heavy atom. The fourth-order valence-electron chi connectivity index (χ4n) is 2.51. The van der Waals surface area contributed by atoms with Crippen LogP contribution < -0.4 is 14.2 Å². The predicted octanol–water partition coefficient (Wildman–Crippen LogP) is 1.75. The van der Waals surface area contributed by atoms with Crippen molar-refractivity contribution in [2.75, 3.05) is 27.9 Å². The average molecular weight is 276 g/mol. The van der Waals surface area contributed by atoms with Crippen LogP contribution in [0, 0.1) is 11.3 Å². The number of rotatable bonds is 4. The van der Waals surface area contributed by atoms with Crippen LogP contribution in [0.2, 0.25) is 0 Å². The minimum absolute atomic E-state index is 0.230. The number of fused-ring (bicyclic) bond motifs is 1. The molecule has 0 aliphatic carbocycles. The van der Waals surface area contributed by atoms with Crippen molar-refractivity contribution in [2.24, 2.45) is 0 Å². The van der Waals surface area contributed by atoms with E-state index in [4.69, 9.17) is 14.2 Å². The summed E-state index contributed by atoms with van der Waals surface area (Å²) < 4.78 is 15.8. The van der Waals surface area contributed by atoms with Gasteiger partial charge in [0.05, 0.1) is 33.0 Å². The van der Waals surface area contributed by atoms with Gasteiger partial charge in [0.1, 0.15) is 6.04 Å². The quantitative estimate of drug-likeness (QED) is 0.837. The molecule has 1 atom stereocenters. The zero-order chi connectivity index (χ0) is 14.9. The van der Waals surface area contributed by atoms with Crippen molar-refractivity contribution in [3.8, 4) is 23.3 Å². The molecule has 1 aromatic rings. The van der Waals surface area contributed by atoms with Gasteiger partial charge in [-0.15, -0.1) is 0 Å². The smallest absolute Gasteiger partial charge is 0.259 e. The fourth-order valence-corrected chi connectivity index (χ4v) is 2.51. The van der Waals surface area contributed by atoms with Gasteiger partial charge < -0.3 is 19.1 Å². The zero-order valence-electron chi connectivity index (χ0n) is 11.9. The van der Waals surface area contributed by atoms with E-state index in [1.54, 1.807) is 6.07 Å². The van der Waals surface area contributed by atoms with Gasteiger partial charge in [-0.05, 0) is 13.0 Å². The molecule has 106 valence electrons. The second-order valence-corrected chi connectivity index (χ2v) is 4.23. The molecule has 0 fully saturated rings. The van der Waals surface area contributed by atoms with Crippen LogP contribution in [0.25, 0.3) is 0 Å². The first-order valence-corrected chi connectivity index (χ1v) is 6.17. The molecule has 0 radical (unpaired) electrons. The highest BCUT2D eigenvalue weighted by Crippen LogP contribution is 2.48. The summed E-state index contributed by atoms with van der Waals surface area (Å²) in [6.07, 6.45) is 0. The number of carbonyl (C=O) groups is 1. The van der Waals surface area contributed by atoms with E-state index in [0.717, 1.165) is 0 Å². The van der Waals surface area contributed by atoms with Crippen molar-refractivity contribution < 1.29 is 19.0 Å². The first-order valence-electron chi connectivity index (χ1n) is 6.17. The van der Waals surface area contributed by atoms with Gasteiger partial charge in [0.2, 0.25) is 5.75 Å². The van der Waals surface area contributed by atoms with E-state index in [9.17, 15) is 10.1 Å². The number of amides is 1. The molecule has 1 heterocycles. The summed E-state index contributed by atoms with van der Waals surface area (Å²) in [4.78, 5) is 13.9. The van der Waals surface area contributed by atoms with Gasteiger partial charge in [-0.2, -0.15) is 5.26 Å². The molecule has 1 aliphatic heterocycles. The molecule has 0 saturated carbocycles. The van der Waals surface area contributed by atoms with E-state index in [0.29, 0.717) is 34.9 Å². The van der Waals surface area contributed by atoms with Crippen LogP contribution >= 0.6 is 0 Å². The molecule has 1 aliphatic rings. The van der Waals surface area contributed by atoms with Crippen LogP contribution in [0.3, 0.4) is 0 Å². The lowest BCUT2D eigenvalue weighted by molar-refractivity contribution is 0.0764. The molecule has 6 heteroatoms. The maximum atomic E-state index is 12.4. The van der Waals surface area contributed by atoms with E-state index >= 15 is 0 Å². The Morgan fingerprint density at radius 1 is 1.25 bits per heavy atom. The highest BCUT2D eigenvalue weighted by Gasteiger charge is 2.41. The number of methoxy groups -OCH3 is 3. The van der Waals surface area contributed by atoms with Gasteiger partial charge in [0.15, 0.2) is 11.5 Å². The van der Waals surface area contributed by atoms with E-state index in [2.05, 4.69) is 6.07 Å². The third-order valence-corrected chi connectivity index (χ3v) is 3.40. The summed E-state index contributed by atoms with van der Waals surface area (Å²) >= 11 is 0. The molecule has 20 heavy (non-hydrogen) atoms. The summed E-state index contributed by atoms with van der Waals surface area (Å²) in [5, 5.41) is 9.33. The average Bonchev–Trinajstić information content (AvgIpc) is 2.76. The van der Waals surface area contributed by atoms with Crippen LogP contribution in [0.5, 0.6) is 17.2 Å². The minimum atomic E-state index is -0.629. The van der Waals surface area contributed by atoms with E-state index in [-0.39, 0.29) is 5.91 Å². The number of hydrogen-bond donors (Lipinski definition) is 0. The molecule has 6 nitrogen and oxygen atoms in total. The Kier molecular flexibility index (Phi) is 3.70. The van der Waals surface area contributed by atoms with Gasteiger partial charge >= 0.3 is 0 Å². The largest absolute Gasteiger partial charge is 0.493 e. The summed E-state index contributed by atoms with van der Waals surface area (Å²) in [5.74, 6) is 0.876. The number of benzene rings is 1. The lowest BCUT2D eigenvalue weighted by Crippen LogP contribution is -2.26. The van der Waals surface area contributed by atoms with E-state index in [1.807, 2.05) is 6.92 Å². The fraction of sp³-hybridized carbons (Fsp3) is 0.429. The van der Waals surface area contributed by atoms with Gasteiger partial charge in [0.25, 0.3) is 5.91 Å². The Hall–Kier alpha value is -2.42. The van der Waals surface area contributed by atoms with Crippen LogP contribution in [0.4, 0.5) is 0 Å². The Bertz CT molecular complexity index is 592. The summed E-state index contributed by atoms with van der Waals surface area (Å²) in [6, 6.07) is 3.18. The number of carbonyl (C=O) groups excluding carboxylic acids is 1.